The number of aliphatic hydroxyl groups excluding tert-OH is 1. The molecule has 0 spiro atoms. The zero-order chi connectivity index (χ0) is 15.5. The Labute approximate surface area is 136 Å². The van der Waals surface area contributed by atoms with Gasteiger partial charge in [-0.1, -0.05) is 31.0 Å². The lowest BCUT2D eigenvalue weighted by Crippen LogP contribution is -2.40. The summed E-state index contributed by atoms with van der Waals surface area (Å²) in [4.78, 5) is 2.52. The van der Waals surface area contributed by atoms with Gasteiger partial charge >= 0.3 is 0 Å². The zero-order valence-electron chi connectivity index (χ0n) is 13.1. The van der Waals surface area contributed by atoms with Crippen molar-refractivity contribution in [1.29, 1.82) is 0 Å². The predicted molar refractivity (Wildman–Crippen MR) is 90.2 cm³/mol. The molecule has 1 aromatic carbocycles. The molecular weight excluding hydrogens is 298 g/mol. The molecule has 2 atom stereocenters. The lowest BCUT2D eigenvalue weighted by molar-refractivity contribution is 0.101. The minimum absolute atomic E-state index is 0.522. The molecule has 2 N–H and O–H groups in total. The molecule has 2 heterocycles. The number of aliphatic hydroxyl groups is 1. The van der Waals surface area contributed by atoms with Gasteiger partial charge in [-0.25, -0.2) is 0 Å². The Bertz CT molecular complexity index is 627. The number of aromatic amines is 1. The molecule has 5 heteroatoms. The molecule has 0 amide bonds. The van der Waals surface area contributed by atoms with Crippen LogP contribution in [0.2, 0.25) is 5.02 Å². The van der Waals surface area contributed by atoms with Gasteiger partial charge < -0.3 is 10.0 Å². The highest BCUT2D eigenvalue weighted by Crippen LogP contribution is 2.32. The highest BCUT2D eigenvalue weighted by molar-refractivity contribution is 6.36. The molecule has 1 fully saturated rings. The number of hydrogen-bond acceptors (Lipinski definition) is 3. The highest BCUT2D eigenvalue weighted by Gasteiger charge is 2.22. The number of benzene rings is 1. The number of hydrogen-bond donors (Lipinski definition) is 2. The maximum atomic E-state index is 10.5. The first-order valence-electron chi connectivity index (χ1n) is 8.24. The van der Waals surface area contributed by atoms with Crippen LogP contribution in [0.15, 0.2) is 18.3 Å². The standard InChI is InChI=1S/C17H24ClN3O/c1-2-12-5-3-4-9-21(12)10-8-16(22)13-6-7-15-14(17(13)18)11-19-20-15/h6-7,11-12,16,22H,2-5,8-10H2,1H3,(H,19,20). The Morgan fingerprint density at radius 1 is 1.45 bits per heavy atom. The number of H-pyrrole nitrogens is 1. The first kappa shape index (κ1) is 15.8. The summed E-state index contributed by atoms with van der Waals surface area (Å²) in [6, 6.07) is 4.51. The van der Waals surface area contributed by atoms with Crippen LogP contribution in [0, 0.1) is 0 Å². The number of halogens is 1. The smallest absolute Gasteiger partial charge is 0.0816 e. The third-order valence-electron chi connectivity index (χ3n) is 4.86. The maximum Gasteiger partial charge on any atom is 0.0816 e. The van der Waals surface area contributed by atoms with E-state index in [1.54, 1.807) is 6.20 Å². The van der Waals surface area contributed by atoms with Crippen LogP contribution in [0.25, 0.3) is 10.9 Å². The van der Waals surface area contributed by atoms with Gasteiger partial charge in [-0.3, -0.25) is 5.10 Å². The van der Waals surface area contributed by atoms with Crippen molar-refractivity contribution in [1.82, 2.24) is 15.1 Å². The van der Waals surface area contributed by atoms with E-state index in [-0.39, 0.29) is 0 Å². The van der Waals surface area contributed by atoms with Crippen LogP contribution in [0.4, 0.5) is 0 Å². The van der Waals surface area contributed by atoms with E-state index in [0.29, 0.717) is 11.1 Å². The molecule has 0 aliphatic carbocycles. The third kappa shape index (κ3) is 3.14. The van der Waals surface area contributed by atoms with Gasteiger partial charge in [0, 0.05) is 18.0 Å². The number of rotatable bonds is 5. The van der Waals surface area contributed by atoms with Gasteiger partial charge in [0.05, 0.1) is 22.8 Å². The van der Waals surface area contributed by atoms with Gasteiger partial charge in [-0.2, -0.15) is 5.10 Å². The fraction of sp³-hybridized carbons (Fsp3) is 0.588. The normalized spacial score (nSPS) is 21.3. The summed E-state index contributed by atoms with van der Waals surface area (Å²) in [6.07, 6.45) is 7.00. The van der Waals surface area contributed by atoms with Crippen LogP contribution < -0.4 is 0 Å². The van der Waals surface area contributed by atoms with Gasteiger partial charge in [0.15, 0.2) is 0 Å². The van der Waals surface area contributed by atoms with Crippen LogP contribution in [0.3, 0.4) is 0 Å². The molecule has 2 aromatic rings. The first-order chi connectivity index (χ1) is 10.7. The van der Waals surface area contributed by atoms with E-state index in [9.17, 15) is 5.11 Å². The molecular formula is C17H24ClN3O. The zero-order valence-corrected chi connectivity index (χ0v) is 13.8. The van der Waals surface area contributed by atoms with Crippen molar-refractivity contribution in [2.24, 2.45) is 0 Å². The SMILES string of the molecule is CCC1CCCCN1CCC(O)c1ccc2[nH]ncc2c1Cl. The highest BCUT2D eigenvalue weighted by atomic mass is 35.5. The monoisotopic (exact) mass is 321 g/mol. The minimum Gasteiger partial charge on any atom is -0.388 e. The predicted octanol–water partition coefficient (Wildman–Crippen LogP) is 3.90. The number of piperidine rings is 1. The Hall–Kier alpha value is -1.10. The molecule has 3 rings (SSSR count). The lowest BCUT2D eigenvalue weighted by Gasteiger charge is -2.35. The molecule has 0 bridgehead atoms. The summed E-state index contributed by atoms with van der Waals surface area (Å²) in [6.45, 7) is 4.34. The Morgan fingerprint density at radius 2 is 2.32 bits per heavy atom. The quantitative estimate of drug-likeness (QED) is 0.878. The van der Waals surface area contributed by atoms with Gasteiger partial charge in [0.1, 0.15) is 0 Å². The minimum atomic E-state index is -0.522. The van der Waals surface area contributed by atoms with Gasteiger partial charge in [0.2, 0.25) is 0 Å². The first-order valence-corrected chi connectivity index (χ1v) is 8.62. The number of fused-ring (bicyclic) bond motifs is 1. The lowest BCUT2D eigenvalue weighted by atomic mass is 9.98. The average Bonchev–Trinajstić information content (AvgIpc) is 3.02. The molecule has 0 saturated carbocycles. The van der Waals surface area contributed by atoms with Crippen molar-refractivity contribution in [3.63, 3.8) is 0 Å². The number of nitrogens with zero attached hydrogens (tertiary/aromatic N) is 2. The molecule has 2 unspecified atom stereocenters. The molecule has 1 aliphatic rings. The van der Waals surface area contributed by atoms with Crippen LogP contribution >= 0.6 is 11.6 Å². The van der Waals surface area contributed by atoms with Gasteiger partial charge in [-0.15, -0.1) is 0 Å². The molecule has 1 aliphatic heterocycles. The van der Waals surface area contributed by atoms with Crippen molar-refractivity contribution in [2.45, 2.75) is 51.2 Å². The second-order valence-corrected chi connectivity index (χ2v) is 6.58. The van der Waals surface area contributed by atoms with Gasteiger partial charge in [0.25, 0.3) is 0 Å². The van der Waals surface area contributed by atoms with Crippen LogP contribution in [0.1, 0.15) is 50.7 Å². The summed E-state index contributed by atoms with van der Waals surface area (Å²) in [7, 11) is 0. The Kier molecular flexibility index (Phi) is 5.01. The van der Waals surface area contributed by atoms with Crippen LogP contribution in [0.5, 0.6) is 0 Å². The van der Waals surface area contributed by atoms with Crippen molar-refractivity contribution in [3.05, 3.63) is 28.9 Å². The van der Waals surface area contributed by atoms with Crippen molar-refractivity contribution in [2.75, 3.05) is 13.1 Å². The number of likely N-dealkylation sites (tertiary alicyclic amines) is 1. The fourth-order valence-corrected chi connectivity index (χ4v) is 3.86. The summed E-state index contributed by atoms with van der Waals surface area (Å²) in [5.41, 5.74) is 1.71. The van der Waals surface area contributed by atoms with E-state index in [1.807, 2.05) is 12.1 Å². The van der Waals surface area contributed by atoms with Gasteiger partial charge in [-0.05, 0) is 43.9 Å². The van der Waals surface area contributed by atoms with E-state index in [4.69, 9.17) is 11.6 Å². The van der Waals surface area contributed by atoms with E-state index < -0.39 is 6.10 Å². The Morgan fingerprint density at radius 3 is 3.14 bits per heavy atom. The fourth-order valence-electron chi connectivity index (χ4n) is 3.52. The summed E-state index contributed by atoms with van der Waals surface area (Å²) in [5, 5.41) is 18.9. The van der Waals surface area contributed by atoms with Crippen molar-refractivity contribution in [3.8, 4) is 0 Å². The molecule has 4 nitrogen and oxygen atoms in total. The Balaban J connectivity index is 1.67. The maximum absolute atomic E-state index is 10.5. The molecule has 120 valence electrons. The number of aromatic nitrogens is 2. The second kappa shape index (κ2) is 6.99. The molecule has 22 heavy (non-hydrogen) atoms. The van der Waals surface area contributed by atoms with E-state index in [2.05, 4.69) is 22.0 Å². The summed E-state index contributed by atoms with van der Waals surface area (Å²) in [5.74, 6) is 0. The van der Waals surface area contributed by atoms with Crippen molar-refractivity contribution < 1.29 is 5.11 Å². The van der Waals surface area contributed by atoms with Crippen LogP contribution in [-0.2, 0) is 0 Å². The average molecular weight is 322 g/mol. The molecule has 1 aromatic heterocycles. The topological polar surface area (TPSA) is 52.1 Å². The molecule has 0 radical (unpaired) electrons. The van der Waals surface area contributed by atoms with E-state index in [0.717, 1.165) is 36.0 Å². The second-order valence-electron chi connectivity index (χ2n) is 6.20. The summed E-state index contributed by atoms with van der Waals surface area (Å²) >= 11 is 6.42. The largest absolute Gasteiger partial charge is 0.388 e. The van der Waals surface area contributed by atoms with E-state index in [1.165, 1.54) is 25.7 Å². The number of nitrogens with one attached hydrogen (secondary N) is 1. The summed E-state index contributed by atoms with van der Waals surface area (Å²) < 4.78 is 0. The van der Waals surface area contributed by atoms with Crippen molar-refractivity contribution >= 4 is 22.5 Å². The third-order valence-corrected chi connectivity index (χ3v) is 5.28. The van der Waals surface area contributed by atoms with Crippen LogP contribution in [-0.4, -0.2) is 39.3 Å². The molecule has 1 saturated heterocycles. The van der Waals surface area contributed by atoms with E-state index >= 15 is 0 Å².